The van der Waals surface area contributed by atoms with Gasteiger partial charge in [0.15, 0.2) is 4.34 Å². The van der Waals surface area contributed by atoms with Crippen LogP contribution in [0.3, 0.4) is 0 Å². The van der Waals surface area contributed by atoms with Crippen LogP contribution in [0, 0.1) is 13.8 Å². The number of hydrogen-bond acceptors (Lipinski definition) is 9. The van der Waals surface area contributed by atoms with E-state index >= 15 is 0 Å². The van der Waals surface area contributed by atoms with Crippen molar-refractivity contribution >= 4 is 56.5 Å². The Bertz CT molecular complexity index is 1230. The molecule has 4 aromatic rings. The molecular formula is C18H16N6O3S2. The Morgan fingerprint density at radius 2 is 2.00 bits per heavy atom. The summed E-state index contributed by atoms with van der Waals surface area (Å²) in [5.41, 5.74) is 1.13. The summed E-state index contributed by atoms with van der Waals surface area (Å²) >= 11 is 2.60. The van der Waals surface area contributed by atoms with E-state index in [1.165, 1.54) is 23.1 Å². The first-order valence-electron chi connectivity index (χ1n) is 8.58. The molecule has 0 saturated carbocycles. The molecule has 148 valence electrons. The molecule has 3 N–H and O–H groups in total. The Kier molecular flexibility index (Phi) is 5.32. The van der Waals surface area contributed by atoms with E-state index in [-0.39, 0.29) is 17.5 Å². The first-order chi connectivity index (χ1) is 14.0. The first kappa shape index (κ1) is 19.2. The number of anilines is 3. The lowest BCUT2D eigenvalue weighted by molar-refractivity contribution is -0.113. The number of H-pyrrole nitrogens is 1. The zero-order chi connectivity index (χ0) is 20.4. The highest BCUT2D eigenvalue weighted by Gasteiger charge is 2.19. The van der Waals surface area contributed by atoms with Crippen molar-refractivity contribution in [3.05, 3.63) is 52.1 Å². The topological polar surface area (TPSA) is 126 Å². The molecule has 3 heterocycles. The van der Waals surface area contributed by atoms with Gasteiger partial charge in [0, 0.05) is 5.69 Å². The number of nitrogens with one attached hydrogen (secondary N) is 3. The molecule has 29 heavy (non-hydrogen) atoms. The van der Waals surface area contributed by atoms with Crippen LogP contribution in [0.5, 0.6) is 0 Å². The third kappa shape index (κ3) is 4.15. The number of amides is 1. The van der Waals surface area contributed by atoms with Gasteiger partial charge in [-0.15, -0.1) is 10.2 Å². The summed E-state index contributed by atoms with van der Waals surface area (Å²) in [7, 11) is 0. The molecule has 4 rings (SSSR count). The van der Waals surface area contributed by atoms with Gasteiger partial charge in [0.25, 0.3) is 5.56 Å². The third-order valence-corrected chi connectivity index (χ3v) is 5.98. The molecule has 1 amide bonds. The van der Waals surface area contributed by atoms with E-state index < -0.39 is 5.56 Å². The van der Waals surface area contributed by atoms with Crippen LogP contribution < -0.4 is 16.2 Å². The predicted octanol–water partition coefficient (Wildman–Crippen LogP) is 3.46. The van der Waals surface area contributed by atoms with Crippen molar-refractivity contribution in [3.63, 3.8) is 0 Å². The van der Waals surface area contributed by atoms with Gasteiger partial charge >= 0.3 is 0 Å². The lowest BCUT2D eigenvalue weighted by atomic mass is 10.2. The van der Waals surface area contributed by atoms with E-state index in [1.807, 2.05) is 30.3 Å². The lowest BCUT2D eigenvalue weighted by Crippen LogP contribution is -2.16. The molecule has 1 aromatic carbocycles. The van der Waals surface area contributed by atoms with Gasteiger partial charge in [-0.1, -0.05) is 41.3 Å². The fourth-order valence-corrected chi connectivity index (χ4v) is 4.36. The van der Waals surface area contributed by atoms with Crippen molar-refractivity contribution in [1.29, 1.82) is 0 Å². The average molecular weight is 428 g/mol. The zero-order valence-corrected chi connectivity index (χ0v) is 17.1. The highest BCUT2D eigenvalue weighted by molar-refractivity contribution is 8.01. The molecule has 0 spiro atoms. The summed E-state index contributed by atoms with van der Waals surface area (Å²) in [6.07, 6.45) is 0. The maximum Gasteiger partial charge on any atom is 0.277 e. The van der Waals surface area contributed by atoms with Crippen molar-refractivity contribution < 1.29 is 9.21 Å². The lowest BCUT2D eigenvalue weighted by Gasteiger charge is -2.01. The van der Waals surface area contributed by atoms with Crippen LogP contribution in [0.25, 0.3) is 10.8 Å². The molecule has 0 aliphatic rings. The average Bonchev–Trinajstić information content (AvgIpc) is 3.28. The molecule has 9 nitrogen and oxygen atoms in total. The van der Waals surface area contributed by atoms with Crippen LogP contribution in [0.4, 0.5) is 16.7 Å². The number of para-hydroxylation sites is 1. The Morgan fingerprint density at radius 3 is 2.79 bits per heavy atom. The van der Waals surface area contributed by atoms with Crippen molar-refractivity contribution in [1.82, 2.24) is 20.4 Å². The zero-order valence-electron chi connectivity index (χ0n) is 15.5. The van der Waals surface area contributed by atoms with E-state index in [4.69, 9.17) is 4.42 Å². The molecule has 0 unspecified atom stereocenters. The molecule has 0 saturated heterocycles. The number of fused-ring (bicyclic) bond motifs is 1. The Morgan fingerprint density at radius 1 is 1.21 bits per heavy atom. The number of aromatic amines is 1. The number of aromatic nitrogens is 4. The minimum Gasteiger partial charge on any atom is -0.444 e. The van der Waals surface area contributed by atoms with Gasteiger partial charge in [-0.05, 0) is 26.0 Å². The minimum atomic E-state index is -0.411. The van der Waals surface area contributed by atoms with Crippen LogP contribution in [-0.2, 0) is 4.79 Å². The second kappa shape index (κ2) is 8.05. The number of nitrogens with zero attached hydrogens (tertiary/aromatic N) is 3. The van der Waals surface area contributed by atoms with Gasteiger partial charge in [0.2, 0.25) is 16.9 Å². The molecule has 0 radical (unpaired) electrons. The number of hydrogen-bond donors (Lipinski definition) is 3. The van der Waals surface area contributed by atoms with Crippen LogP contribution >= 0.6 is 23.1 Å². The summed E-state index contributed by atoms with van der Waals surface area (Å²) < 4.78 is 6.23. The Labute approximate surface area is 172 Å². The number of carbonyl (C=O) groups excluding carboxylic acids is 1. The van der Waals surface area contributed by atoms with Crippen LogP contribution in [0.15, 0.2) is 43.9 Å². The second-order valence-electron chi connectivity index (χ2n) is 6.08. The Balaban J connectivity index is 1.41. The van der Waals surface area contributed by atoms with Gasteiger partial charge in [0.1, 0.15) is 11.1 Å². The van der Waals surface area contributed by atoms with Crippen molar-refractivity contribution in [2.45, 2.75) is 18.2 Å². The van der Waals surface area contributed by atoms with Gasteiger partial charge in [0.05, 0.1) is 16.8 Å². The standard InChI is InChI=1S/C18H16N6O3S2/c1-9-13-10(2)27-16(14(13)15(26)22-21-9)20-12(25)8-28-18-24-23-17(29-18)19-11-6-4-3-5-7-11/h3-7H,8H2,1-2H3,(H,19,23)(H,20,25)(H,22,26). The number of rotatable bonds is 6. The third-order valence-electron chi connectivity index (χ3n) is 4.01. The second-order valence-corrected chi connectivity index (χ2v) is 8.28. The quantitative estimate of drug-likeness (QED) is 0.399. The number of thioether (sulfide) groups is 1. The van der Waals surface area contributed by atoms with Crippen molar-refractivity contribution in [2.24, 2.45) is 0 Å². The van der Waals surface area contributed by atoms with Crippen LogP contribution in [0.1, 0.15) is 11.5 Å². The van der Waals surface area contributed by atoms with E-state index in [0.717, 1.165) is 5.69 Å². The van der Waals surface area contributed by atoms with Gasteiger partial charge < -0.3 is 9.73 Å². The number of furan rings is 1. The molecule has 0 fully saturated rings. The van der Waals surface area contributed by atoms with Crippen molar-refractivity contribution in [2.75, 3.05) is 16.4 Å². The maximum absolute atomic E-state index is 12.4. The van der Waals surface area contributed by atoms with E-state index in [1.54, 1.807) is 13.8 Å². The largest absolute Gasteiger partial charge is 0.444 e. The maximum atomic E-state index is 12.4. The van der Waals surface area contributed by atoms with E-state index in [9.17, 15) is 9.59 Å². The molecular weight excluding hydrogens is 412 g/mol. The molecule has 0 atom stereocenters. The smallest absolute Gasteiger partial charge is 0.277 e. The SMILES string of the molecule is Cc1n[nH]c(=O)c2c(NC(=O)CSc3nnc(Nc4ccccc4)s3)oc(C)c12. The van der Waals surface area contributed by atoms with Gasteiger partial charge in [-0.25, -0.2) is 5.10 Å². The van der Waals surface area contributed by atoms with Crippen molar-refractivity contribution in [3.8, 4) is 0 Å². The molecule has 11 heteroatoms. The summed E-state index contributed by atoms with van der Waals surface area (Å²) in [5.74, 6) is 0.439. The monoisotopic (exact) mass is 428 g/mol. The highest BCUT2D eigenvalue weighted by Crippen LogP contribution is 2.30. The fourth-order valence-electron chi connectivity index (χ4n) is 2.79. The first-order valence-corrected chi connectivity index (χ1v) is 10.4. The van der Waals surface area contributed by atoms with Crippen LogP contribution in [-0.4, -0.2) is 32.1 Å². The normalized spacial score (nSPS) is 11.0. The molecule has 3 aromatic heterocycles. The predicted molar refractivity (Wildman–Crippen MR) is 113 cm³/mol. The summed E-state index contributed by atoms with van der Waals surface area (Å²) in [6, 6.07) is 9.63. The Hall–Kier alpha value is -3.18. The van der Waals surface area contributed by atoms with Gasteiger partial charge in [-0.3, -0.25) is 14.9 Å². The summed E-state index contributed by atoms with van der Waals surface area (Å²) in [6.45, 7) is 3.49. The fraction of sp³-hybridized carbons (Fsp3) is 0.167. The number of benzene rings is 1. The molecule has 0 aliphatic carbocycles. The van der Waals surface area contributed by atoms with Crippen LogP contribution in [0.2, 0.25) is 0 Å². The summed E-state index contributed by atoms with van der Waals surface area (Å²) in [4.78, 5) is 24.5. The number of carbonyl (C=O) groups is 1. The number of aryl methyl sites for hydroxylation is 2. The molecule has 0 aliphatic heterocycles. The van der Waals surface area contributed by atoms with E-state index in [2.05, 4.69) is 31.0 Å². The minimum absolute atomic E-state index is 0.100. The highest BCUT2D eigenvalue weighted by atomic mass is 32.2. The van der Waals surface area contributed by atoms with E-state index in [0.29, 0.717) is 31.7 Å². The summed E-state index contributed by atoms with van der Waals surface area (Å²) in [5, 5.41) is 21.8. The molecule has 0 bridgehead atoms. The van der Waals surface area contributed by atoms with Gasteiger partial charge in [-0.2, -0.15) is 5.10 Å².